The number of hydrogen-bond donors (Lipinski definition) is 0. The molecule has 0 radical (unpaired) electrons. The predicted molar refractivity (Wildman–Crippen MR) is 77.6 cm³/mol. The molecule has 0 nitrogen and oxygen atoms in total. The van der Waals surface area contributed by atoms with E-state index >= 15 is 0 Å². The number of hydrogen-bond acceptors (Lipinski definition) is 0. The van der Waals surface area contributed by atoms with Gasteiger partial charge >= 0.3 is 0 Å². The van der Waals surface area contributed by atoms with Gasteiger partial charge in [-0.3, -0.25) is 0 Å². The van der Waals surface area contributed by atoms with Gasteiger partial charge in [0.2, 0.25) is 0 Å². The molecule has 0 N–H and O–H groups in total. The van der Waals surface area contributed by atoms with Crippen molar-refractivity contribution >= 4 is 27.5 Å². The van der Waals surface area contributed by atoms with Crippen LogP contribution in [-0.4, -0.2) is 0 Å². The van der Waals surface area contributed by atoms with E-state index in [1.165, 1.54) is 11.1 Å². The van der Waals surface area contributed by atoms with Crippen molar-refractivity contribution in [3.05, 3.63) is 69.7 Å². The first-order valence-electron chi connectivity index (χ1n) is 5.61. The zero-order valence-electron chi connectivity index (χ0n) is 9.66. The van der Waals surface area contributed by atoms with Gasteiger partial charge in [0.1, 0.15) is 0 Å². The van der Waals surface area contributed by atoms with E-state index in [0.29, 0.717) is 0 Å². The molecule has 0 spiro atoms. The Morgan fingerprint density at radius 1 is 1.06 bits per heavy atom. The Labute approximate surface area is 116 Å². The van der Waals surface area contributed by atoms with E-state index in [1.807, 2.05) is 18.2 Å². The summed E-state index contributed by atoms with van der Waals surface area (Å²) < 4.78 is 1.12. The lowest BCUT2D eigenvalue weighted by molar-refractivity contribution is 0.912. The van der Waals surface area contributed by atoms with E-state index < -0.39 is 0 Å². The number of aryl methyl sites for hydroxylation is 1. The maximum atomic E-state index is 6.49. The van der Waals surface area contributed by atoms with Crippen LogP contribution in [0, 0.1) is 6.92 Å². The normalized spacial score (nSPS) is 12.4. The molecule has 2 heteroatoms. The fourth-order valence-electron chi connectivity index (χ4n) is 1.84. The van der Waals surface area contributed by atoms with Crippen molar-refractivity contribution in [2.75, 3.05) is 0 Å². The molecule has 17 heavy (non-hydrogen) atoms. The first-order valence-corrected chi connectivity index (χ1v) is 6.84. The van der Waals surface area contributed by atoms with Crippen LogP contribution in [0.4, 0.5) is 0 Å². The maximum Gasteiger partial charge on any atom is 0.0636 e. The zero-order chi connectivity index (χ0) is 12.3. The van der Waals surface area contributed by atoms with E-state index in [9.17, 15) is 0 Å². The molecule has 0 aliphatic heterocycles. The van der Waals surface area contributed by atoms with Crippen LogP contribution in [0.25, 0.3) is 0 Å². The zero-order valence-corrected chi connectivity index (χ0v) is 12.0. The number of alkyl halides is 1. The molecule has 0 bridgehead atoms. The summed E-state index contributed by atoms with van der Waals surface area (Å²) in [6, 6.07) is 16.6. The Bertz CT molecular complexity index is 494. The van der Waals surface area contributed by atoms with Gasteiger partial charge in [0.05, 0.1) is 5.38 Å². The van der Waals surface area contributed by atoms with Gasteiger partial charge in [0, 0.05) is 4.47 Å². The molecule has 2 aromatic carbocycles. The van der Waals surface area contributed by atoms with E-state index in [1.54, 1.807) is 0 Å². The summed E-state index contributed by atoms with van der Waals surface area (Å²) in [5, 5.41) is 0.00618. The standard InChI is InChI=1S/C15H14BrCl/c1-11-6-5-9-13(15(11)16)14(17)10-12-7-3-2-4-8-12/h2-9,14H,10H2,1H3. The summed E-state index contributed by atoms with van der Waals surface area (Å²) in [5.41, 5.74) is 3.65. The molecule has 0 heterocycles. The Morgan fingerprint density at radius 3 is 2.47 bits per heavy atom. The van der Waals surface area contributed by atoms with Gasteiger partial charge in [-0.1, -0.05) is 64.5 Å². The highest BCUT2D eigenvalue weighted by atomic mass is 79.9. The maximum absolute atomic E-state index is 6.49. The van der Waals surface area contributed by atoms with E-state index in [4.69, 9.17) is 11.6 Å². The summed E-state index contributed by atoms with van der Waals surface area (Å²) in [6.07, 6.45) is 0.852. The average Bonchev–Trinajstić information content (AvgIpc) is 2.34. The van der Waals surface area contributed by atoms with Gasteiger partial charge in [-0.05, 0) is 30.0 Å². The van der Waals surface area contributed by atoms with E-state index in [-0.39, 0.29) is 5.38 Å². The molecule has 0 amide bonds. The summed E-state index contributed by atoms with van der Waals surface area (Å²) >= 11 is 10.1. The van der Waals surface area contributed by atoms with Crippen molar-refractivity contribution in [2.24, 2.45) is 0 Å². The third-order valence-electron chi connectivity index (χ3n) is 2.82. The van der Waals surface area contributed by atoms with Crippen molar-refractivity contribution in [1.82, 2.24) is 0 Å². The molecule has 0 aliphatic carbocycles. The average molecular weight is 310 g/mol. The summed E-state index contributed by atoms with van der Waals surface area (Å²) in [6.45, 7) is 2.08. The van der Waals surface area contributed by atoms with Gasteiger partial charge in [-0.15, -0.1) is 11.6 Å². The van der Waals surface area contributed by atoms with Crippen molar-refractivity contribution in [3.8, 4) is 0 Å². The molecule has 1 unspecified atom stereocenters. The van der Waals surface area contributed by atoms with E-state index in [0.717, 1.165) is 16.5 Å². The molecule has 1 atom stereocenters. The monoisotopic (exact) mass is 308 g/mol. The van der Waals surface area contributed by atoms with Crippen LogP contribution in [0.2, 0.25) is 0 Å². The molecule has 2 aromatic rings. The van der Waals surface area contributed by atoms with Gasteiger partial charge in [0.15, 0.2) is 0 Å². The van der Waals surface area contributed by atoms with Crippen LogP contribution >= 0.6 is 27.5 Å². The van der Waals surface area contributed by atoms with Crippen molar-refractivity contribution < 1.29 is 0 Å². The summed E-state index contributed by atoms with van der Waals surface area (Å²) in [4.78, 5) is 0. The molecule has 0 aliphatic rings. The first kappa shape index (κ1) is 12.7. The second kappa shape index (κ2) is 5.70. The van der Waals surface area contributed by atoms with Crippen molar-refractivity contribution in [3.63, 3.8) is 0 Å². The lowest BCUT2D eigenvalue weighted by Crippen LogP contribution is -1.97. The molecular weight excluding hydrogens is 296 g/mol. The minimum Gasteiger partial charge on any atom is -0.117 e. The Balaban J connectivity index is 2.20. The lowest BCUT2D eigenvalue weighted by Gasteiger charge is -2.13. The van der Waals surface area contributed by atoms with Crippen molar-refractivity contribution in [1.29, 1.82) is 0 Å². The van der Waals surface area contributed by atoms with E-state index in [2.05, 4.69) is 53.2 Å². The fraction of sp³-hybridized carbons (Fsp3) is 0.200. The fourth-order valence-corrected chi connectivity index (χ4v) is 2.88. The van der Waals surface area contributed by atoms with Crippen LogP contribution in [0.1, 0.15) is 22.1 Å². The minimum atomic E-state index is 0.00618. The van der Waals surface area contributed by atoms with Crippen LogP contribution in [-0.2, 0) is 6.42 Å². The van der Waals surface area contributed by atoms with Crippen LogP contribution in [0.3, 0.4) is 0 Å². The first-order chi connectivity index (χ1) is 8.18. The van der Waals surface area contributed by atoms with Gasteiger partial charge in [-0.2, -0.15) is 0 Å². The molecule has 0 saturated carbocycles. The topological polar surface area (TPSA) is 0 Å². The smallest absolute Gasteiger partial charge is 0.0636 e. The Hall–Kier alpha value is -0.790. The van der Waals surface area contributed by atoms with Gasteiger partial charge in [-0.25, -0.2) is 0 Å². The molecule has 88 valence electrons. The summed E-state index contributed by atoms with van der Waals surface area (Å²) in [5.74, 6) is 0. The lowest BCUT2D eigenvalue weighted by atomic mass is 10.0. The largest absolute Gasteiger partial charge is 0.117 e. The molecule has 0 fully saturated rings. The highest BCUT2D eigenvalue weighted by Crippen LogP contribution is 2.32. The number of halogens is 2. The summed E-state index contributed by atoms with van der Waals surface area (Å²) in [7, 11) is 0. The predicted octanol–water partition coefficient (Wildman–Crippen LogP) is 5.28. The number of benzene rings is 2. The number of rotatable bonds is 3. The minimum absolute atomic E-state index is 0.00618. The second-order valence-corrected chi connectivity index (χ2v) is 5.46. The van der Waals surface area contributed by atoms with Gasteiger partial charge in [0.25, 0.3) is 0 Å². The SMILES string of the molecule is Cc1cccc(C(Cl)Cc2ccccc2)c1Br. The van der Waals surface area contributed by atoms with Crippen LogP contribution < -0.4 is 0 Å². The molecule has 2 rings (SSSR count). The highest BCUT2D eigenvalue weighted by Gasteiger charge is 2.13. The second-order valence-electron chi connectivity index (χ2n) is 4.14. The van der Waals surface area contributed by atoms with Crippen molar-refractivity contribution in [2.45, 2.75) is 18.7 Å². The van der Waals surface area contributed by atoms with Crippen LogP contribution in [0.5, 0.6) is 0 Å². The van der Waals surface area contributed by atoms with Crippen LogP contribution in [0.15, 0.2) is 53.0 Å². The molecule has 0 aromatic heterocycles. The third-order valence-corrected chi connectivity index (χ3v) is 4.29. The highest BCUT2D eigenvalue weighted by molar-refractivity contribution is 9.10. The molecule has 0 saturated heterocycles. The Morgan fingerprint density at radius 2 is 1.76 bits per heavy atom. The quantitative estimate of drug-likeness (QED) is 0.677. The Kier molecular flexibility index (Phi) is 4.25. The molecular formula is C15H14BrCl. The third kappa shape index (κ3) is 3.11. The van der Waals surface area contributed by atoms with Gasteiger partial charge < -0.3 is 0 Å².